The molecule has 0 aliphatic carbocycles. The molecule has 1 aromatic heterocycles. The average molecular weight is 344 g/mol. The molecule has 1 aromatic carbocycles. The van der Waals surface area contributed by atoms with Gasteiger partial charge in [0, 0.05) is 11.3 Å². The maximum absolute atomic E-state index is 12.6. The lowest BCUT2D eigenvalue weighted by molar-refractivity contribution is -0.131. The van der Waals surface area contributed by atoms with Crippen LogP contribution in [0, 0.1) is 6.92 Å². The van der Waals surface area contributed by atoms with Gasteiger partial charge in [0.15, 0.2) is 5.82 Å². The van der Waals surface area contributed by atoms with E-state index in [2.05, 4.69) is 15.5 Å². The first-order valence-corrected chi connectivity index (χ1v) is 8.84. The number of nitrogens with zero attached hydrogens (tertiary/aromatic N) is 3. The van der Waals surface area contributed by atoms with Gasteiger partial charge in [0.1, 0.15) is 5.54 Å². The maximum atomic E-state index is 12.6. The lowest BCUT2D eigenvalue weighted by Crippen LogP contribution is -2.46. The molecule has 1 spiro atoms. The van der Waals surface area contributed by atoms with Crippen molar-refractivity contribution in [3.63, 3.8) is 0 Å². The van der Waals surface area contributed by atoms with E-state index in [-0.39, 0.29) is 18.5 Å². The number of benzene rings is 1. The minimum Gasteiger partial charge on any atom is -0.334 e. The number of carbonyl (C=O) groups excluding carboxylic acids is 2. The molecule has 0 saturated carbocycles. The first kappa shape index (κ1) is 15.2. The Balaban J connectivity index is 1.53. The van der Waals surface area contributed by atoms with Gasteiger partial charge in [-0.2, -0.15) is 16.7 Å². The van der Waals surface area contributed by atoms with E-state index in [4.69, 9.17) is 4.52 Å². The molecule has 2 aliphatic rings. The van der Waals surface area contributed by atoms with Crippen LogP contribution in [0.5, 0.6) is 0 Å². The lowest BCUT2D eigenvalue weighted by atomic mass is 9.99. The van der Waals surface area contributed by atoms with Gasteiger partial charge in [-0.25, -0.2) is 4.79 Å². The Labute approximate surface area is 142 Å². The predicted molar refractivity (Wildman–Crippen MR) is 88.2 cm³/mol. The third-order valence-electron chi connectivity index (χ3n) is 4.33. The highest BCUT2D eigenvalue weighted by Crippen LogP contribution is 2.33. The number of urea groups is 1. The second-order valence-electron chi connectivity index (χ2n) is 6.09. The number of nitrogens with one attached hydrogen (secondary N) is 1. The monoisotopic (exact) mass is 344 g/mol. The van der Waals surface area contributed by atoms with E-state index in [0.717, 1.165) is 16.9 Å². The molecule has 124 valence electrons. The standard InChI is InChI=1S/C16H16N4O3S/c1-10-2-4-11(5-3-10)13-17-12(19-23-13)8-20-14(21)16(18-15(20)22)6-7-24-9-16/h2-5H,6-9H2,1H3,(H,18,22)/t16-/m1/s1. The Kier molecular flexibility index (Phi) is 3.56. The number of rotatable bonds is 3. The van der Waals surface area contributed by atoms with Crippen LogP contribution >= 0.6 is 11.8 Å². The van der Waals surface area contributed by atoms with Crippen LogP contribution in [0.4, 0.5) is 4.79 Å². The first-order chi connectivity index (χ1) is 11.6. The Morgan fingerprint density at radius 3 is 2.83 bits per heavy atom. The number of carbonyl (C=O) groups is 2. The van der Waals surface area contributed by atoms with Crippen molar-refractivity contribution in [2.24, 2.45) is 0 Å². The molecule has 2 saturated heterocycles. The summed E-state index contributed by atoms with van der Waals surface area (Å²) in [6.07, 6.45) is 0.666. The van der Waals surface area contributed by atoms with E-state index in [1.165, 1.54) is 4.90 Å². The fraction of sp³-hybridized carbons (Fsp3) is 0.375. The van der Waals surface area contributed by atoms with Gasteiger partial charge in [-0.15, -0.1) is 0 Å². The van der Waals surface area contributed by atoms with Gasteiger partial charge in [0.2, 0.25) is 0 Å². The molecular formula is C16H16N4O3S. The number of hydrogen-bond donors (Lipinski definition) is 1. The summed E-state index contributed by atoms with van der Waals surface area (Å²) in [5.74, 6) is 1.99. The maximum Gasteiger partial charge on any atom is 0.325 e. The van der Waals surface area contributed by atoms with E-state index in [1.807, 2.05) is 31.2 Å². The van der Waals surface area contributed by atoms with Crippen LogP contribution in [-0.2, 0) is 11.3 Å². The summed E-state index contributed by atoms with van der Waals surface area (Å²) in [6, 6.07) is 7.32. The fourth-order valence-electron chi connectivity index (χ4n) is 2.93. The van der Waals surface area contributed by atoms with Crippen molar-refractivity contribution in [2.75, 3.05) is 11.5 Å². The van der Waals surface area contributed by atoms with Crippen molar-refractivity contribution in [3.8, 4) is 11.5 Å². The number of hydrogen-bond acceptors (Lipinski definition) is 6. The first-order valence-electron chi connectivity index (χ1n) is 7.69. The largest absolute Gasteiger partial charge is 0.334 e. The molecule has 2 fully saturated rings. The number of imide groups is 1. The van der Waals surface area contributed by atoms with Gasteiger partial charge < -0.3 is 9.84 Å². The molecule has 7 nitrogen and oxygen atoms in total. The number of thioether (sulfide) groups is 1. The fourth-order valence-corrected chi connectivity index (χ4v) is 4.25. The smallest absolute Gasteiger partial charge is 0.325 e. The molecule has 8 heteroatoms. The molecule has 0 bridgehead atoms. The lowest BCUT2D eigenvalue weighted by Gasteiger charge is -2.18. The zero-order valence-electron chi connectivity index (χ0n) is 13.1. The van der Waals surface area contributed by atoms with Crippen LogP contribution < -0.4 is 5.32 Å². The van der Waals surface area contributed by atoms with Gasteiger partial charge >= 0.3 is 6.03 Å². The summed E-state index contributed by atoms with van der Waals surface area (Å²) in [5, 5.41) is 6.72. The predicted octanol–water partition coefficient (Wildman–Crippen LogP) is 1.97. The van der Waals surface area contributed by atoms with Gasteiger partial charge in [-0.05, 0) is 31.2 Å². The van der Waals surface area contributed by atoms with Crippen molar-refractivity contribution >= 4 is 23.7 Å². The van der Waals surface area contributed by atoms with E-state index in [1.54, 1.807) is 11.8 Å². The second kappa shape index (κ2) is 5.62. The van der Waals surface area contributed by atoms with Gasteiger partial charge in [-0.3, -0.25) is 9.69 Å². The van der Waals surface area contributed by atoms with Crippen molar-refractivity contribution in [1.82, 2.24) is 20.4 Å². The van der Waals surface area contributed by atoms with Gasteiger partial charge in [0.05, 0.1) is 6.54 Å². The van der Waals surface area contributed by atoms with Crippen LogP contribution in [0.15, 0.2) is 28.8 Å². The average Bonchev–Trinajstić information content (AvgIpc) is 3.27. The number of aryl methyl sites for hydroxylation is 1. The van der Waals surface area contributed by atoms with Crippen molar-refractivity contribution < 1.29 is 14.1 Å². The van der Waals surface area contributed by atoms with Crippen LogP contribution in [0.2, 0.25) is 0 Å². The van der Waals surface area contributed by atoms with Crippen LogP contribution in [-0.4, -0.2) is 44.0 Å². The molecule has 1 N–H and O–H groups in total. The Hall–Kier alpha value is -2.35. The van der Waals surface area contributed by atoms with Crippen molar-refractivity contribution in [3.05, 3.63) is 35.7 Å². The Morgan fingerprint density at radius 2 is 2.12 bits per heavy atom. The SMILES string of the molecule is Cc1ccc(-c2nc(CN3C(=O)N[C@@]4(CCSC4)C3=O)no2)cc1. The molecule has 2 aromatic rings. The van der Waals surface area contributed by atoms with Crippen LogP contribution in [0.1, 0.15) is 17.8 Å². The van der Waals surface area contributed by atoms with Crippen LogP contribution in [0.3, 0.4) is 0 Å². The van der Waals surface area contributed by atoms with Gasteiger partial charge in [-0.1, -0.05) is 22.9 Å². The summed E-state index contributed by atoms with van der Waals surface area (Å²) >= 11 is 1.67. The number of amides is 3. The summed E-state index contributed by atoms with van der Waals surface area (Å²) < 4.78 is 5.25. The third-order valence-corrected chi connectivity index (χ3v) is 5.52. The van der Waals surface area contributed by atoms with Gasteiger partial charge in [0.25, 0.3) is 11.8 Å². The van der Waals surface area contributed by atoms with E-state index in [9.17, 15) is 9.59 Å². The van der Waals surface area contributed by atoms with E-state index in [0.29, 0.717) is 23.9 Å². The highest BCUT2D eigenvalue weighted by molar-refractivity contribution is 7.99. The highest BCUT2D eigenvalue weighted by atomic mass is 32.2. The Bertz CT molecular complexity index is 796. The minimum atomic E-state index is -0.745. The second-order valence-corrected chi connectivity index (χ2v) is 7.19. The molecule has 1 atom stereocenters. The normalized spacial score (nSPS) is 23.3. The summed E-state index contributed by atoms with van der Waals surface area (Å²) in [5.41, 5.74) is 1.20. The topological polar surface area (TPSA) is 88.3 Å². The summed E-state index contributed by atoms with van der Waals surface area (Å²) in [7, 11) is 0. The van der Waals surface area contributed by atoms with Crippen molar-refractivity contribution in [2.45, 2.75) is 25.4 Å². The summed E-state index contributed by atoms with van der Waals surface area (Å²) in [6.45, 7) is 2.02. The molecule has 3 heterocycles. The molecule has 4 rings (SSSR count). The van der Waals surface area contributed by atoms with E-state index < -0.39 is 5.54 Å². The molecule has 0 unspecified atom stereocenters. The van der Waals surface area contributed by atoms with Crippen molar-refractivity contribution in [1.29, 1.82) is 0 Å². The number of aromatic nitrogens is 2. The Morgan fingerprint density at radius 1 is 1.33 bits per heavy atom. The molecule has 24 heavy (non-hydrogen) atoms. The van der Waals surface area contributed by atoms with E-state index >= 15 is 0 Å². The zero-order chi connectivity index (χ0) is 16.7. The quantitative estimate of drug-likeness (QED) is 0.857. The third kappa shape index (κ3) is 2.47. The molecule has 3 amide bonds. The van der Waals surface area contributed by atoms with Crippen LogP contribution in [0.25, 0.3) is 11.5 Å². The summed E-state index contributed by atoms with van der Waals surface area (Å²) in [4.78, 5) is 30.2. The molecular weight excluding hydrogens is 328 g/mol. The minimum absolute atomic E-state index is 0.0203. The highest BCUT2D eigenvalue weighted by Gasteiger charge is 2.53. The molecule has 0 radical (unpaired) electrons. The zero-order valence-corrected chi connectivity index (χ0v) is 13.9. The molecule has 2 aliphatic heterocycles.